The van der Waals surface area contributed by atoms with Gasteiger partial charge in [0, 0.05) is 14.1 Å². The molecule has 60 valence electrons. The average Bonchev–Trinajstić information content (AvgIpc) is 1.93. The second-order valence-electron chi connectivity index (χ2n) is 2.67. The van der Waals surface area contributed by atoms with E-state index in [1.165, 1.54) is 0 Å². The first-order chi connectivity index (χ1) is 5.20. The lowest BCUT2D eigenvalue weighted by atomic mass is 10.2. The van der Waals surface area contributed by atoms with E-state index in [2.05, 4.69) is 0 Å². The molecule has 11 heavy (non-hydrogen) atoms. The van der Waals surface area contributed by atoms with Crippen molar-refractivity contribution in [2.45, 2.75) is 6.92 Å². The van der Waals surface area contributed by atoms with Gasteiger partial charge in [0.25, 0.3) is 0 Å². The zero-order valence-electron chi connectivity index (χ0n) is 7.16. The molecule has 0 bridgehead atoms. The Labute approximate surface area is 67.4 Å². The third kappa shape index (κ3) is 2.24. The molecule has 0 N–H and O–H groups in total. The Balaban J connectivity index is 2.78. The van der Waals surface area contributed by atoms with Crippen LogP contribution >= 0.6 is 0 Å². The smallest absolute Gasteiger partial charge is 0.150 e. The van der Waals surface area contributed by atoms with Crippen molar-refractivity contribution in [3.8, 4) is 5.75 Å². The van der Waals surface area contributed by atoms with E-state index >= 15 is 0 Å². The fourth-order valence-corrected chi connectivity index (χ4v) is 0.856. The van der Waals surface area contributed by atoms with Crippen molar-refractivity contribution in [1.82, 2.24) is 5.06 Å². The van der Waals surface area contributed by atoms with E-state index < -0.39 is 0 Å². The summed E-state index contributed by atoms with van der Waals surface area (Å²) in [6.07, 6.45) is 0. The number of hydrogen-bond donors (Lipinski definition) is 0. The Morgan fingerprint density at radius 3 is 2.36 bits per heavy atom. The van der Waals surface area contributed by atoms with E-state index in [-0.39, 0.29) is 0 Å². The van der Waals surface area contributed by atoms with Crippen LogP contribution < -0.4 is 4.84 Å². The summed E-state index contributed by atoms with van der Waals surface area (Å²) in [5.41, 5.74) is 1.15. The van der Waals surface area contributed by atoms with Gasteiger partial charge in [-0.05, 0) is 18.6 Å². The van der Waals surface area contributed by atoms with Gasteiger partial charge in [-0.3, -0.25) is 0 Å². The molecular formula is C9H13NO. The van der Waals surface area contributed by atoms with Gasteiger partial charge in [-0.15, -0.1) is 0 Å². The molecule has 0 unspecified atom stereocenters. The Morgan fingerprint density at radius 1 is 1.18 bits per heavy atom. The summed E-state index contributed by atoms with van der Waals surface area (Å²) in [5.74, 6) is 0.914. The van der Waals surface area contributed by atoms with Gasteiger partial charge in [0.05, 0.1) is 0 Å². The Kier molecular flexibility index (Phi) is 2.49. The average molecular weight is 151 g/mol. The van der Waals surface area contributed by atoms with Gasteiger partial charge in [0.1, 0.15) is 5.75 Å². The lowest BCUT2D eigenvalue weighted by Gasteiger charge is -2.13. The zero-order chi connectivity index (χ0) is 8.27. The summed E-state index contributed by atoms with van der Waals surface area (Å²) in [7, 11) is 3.74. The Bertz CT molecular complexity index is 233. The molecule has 0 fully saturated rings. The van der Waals surface area contributed by atoms with E-state index in [4.69, 9.17) is 4.84 Å². The molecule has 0 radical (unpaired) electrons. The maximum Gasteiger partial charge on any atom is 0.150 e. The zero-order valence-corrected chi connectivity index (χ0v) is 7.16. The summed E-state index contributed by atoms with van der Waals surface area (Å²) >= 11 is 0. The van der Waals surface area contributed by atoms with Crippen LogP contribution in [-0.4, -0.2) is 19.2 Å². The van der Waals surface area contributed by atoms with Crippen molar-refractivity contribution >= 4 is 0 Å². The van der Waals surface area contributed by atoms with Crippen LogP contribution in [0.4, 0.5) is 0 Å². The first-order valence-electron chi connectivity index (χ1n) is 3.61. The van der Waals surface area contributed by atoms with Crippen LogP contribution in [0.2, 0.25) is 0 Å². The van der Waals surface area contributed by atoms with E-state index in [9.17, 15) is 0 Å². The van der Waals surface area contributed by atoms with Crippen LogP contribution in [0.1, 0.15) is 5.56 Å². The lowest BCUT2D eigenvalue weighted by molar-refractivity contribution is -0.00399. The summed E-state index contributed by atoms with van der Waals surface area (Å²) in [6, 6.07) is 7.94. The van der Waals surface area contributed by atoms with Crippen LogP contribution in [0.5, 0.6) is 5.75 Å². The van der Waals surface area contributed by atoms with Gasteiger partial charge < -0.3 is 4.84 Å². The monoisotopic (exact) mass is 151 g/mol. The lowest BCUT2D eigenvalue weighted by Crippen LogP contribution is -2.16. The number of benzene rings is 1. The molecule has 0 atom stereocenters. The molecule has 0 aliphatic heterocycles. The van der Waals surface area contributed by atoms with Crippen LogP contribution in [0.15, 0.2) is 24.3 Å². The number of aryl methyl sites for hydroxylation is 1. The van der Waals surface area contributed by atoms with Crippen molar-refractivity contribution in [2.24, 2.45) is 0 Å². The molecule has 0 aliphatic rings. The number of nitrogens with zero attached hydrogens (tertiary/aromatic N) is 1. The van der Waals surface area contributed by atoms with E-state index in [0.29, 0.717) is 0 Å². The van der Waals surface area contributed by atoms with E-state index in [0.717, 1.165) is 11.3 Å². The molecule has 0 aliphatic carbocycles. The summed E-state index contributed by atoms with van der Waals surface area (Å²) < 4.78 is 0. The van der Waals surface area contributed by atoms with Crippen LogP contribution in [-0.2, 0) is 0 Å². The van der Waals surface area contributed by atoms with Gasteiger partial charge in [-0.1, -0.05) is 18.2 Å². The molecule has 0 aromatic heterocycles. The highest BCUT2D eigenvalue weighted by Crippen LogP contribution is 2.16. The summed E-state index contributed by atoms with van der Waals surface area (Å²) in [6.45, 7) is 2.03. The van der Waals surface area contributed by atoms with Gasteiger partial charge in [0.15, 0.2) is 0 Å². The fraction of sp³-hybridized carbons (Fsp3) is 0.333. The number of rotatable bonds is 2. The molecule has 1 rings (SSSR count). The highest BCUT2D eigenvalue weighted by molar-refractivity contribution is 5.31. The molecule has 0 spiro atoms. The number of para-hydroxylation sites is 1. The Hall–Kier alpha value is -1.02. The van der Waals surface area contributed by atoms with Crippen molar-refractivity contribution < 1.29 is 4.84 Å². The normalized spacial score (nSPS) is 10.2. The van der Waals surface area contributed by atoms with E-state index in [1.807, 2.05) is 45.3 Å². The van der Waals surface area contributed by atoms with Crippen molar-refractivity contribution in [2.75, 3.05) is 14.1 Å². The molecule has 0 amide bonds. The van der Waals surface area contributed by atoms with Crippen molar-refractivity contribution in [1.29, 1.82) is 0 Å². The first-order valence-corrected chi connectivity index (χ1v) is 3.61. The predicted octanol–water partition coefficient (Wildman–Crippen LogP) is 1.85. The van der Waals surface area contributed by atoms with Gasteiger partial charge in [0.2, 0.25) is 0 Å². The number of hydrogen-bond acceptors (Lipinski definition) is 2. The maximum atomic E-state index is 5.38. The van der Waals surface area contributed by atoms with Gasteiger partial charge in [-0.25, -0.2) is 0 Å². The molecule has 2 nitrogen and oxygen atoms in total. The maximum absolute atomic E-state index is 5.38. The number of hydroxylamine groups is 2. The minimum absolute atomic E-state index is 0.914. The van der Waals surface area contributed by atoms with Crippen LogP contribution in [0.3, 0.4) is 0 Å². The predicted molar refractivity (Wildman–Crippen MR) is 45.5 cm³/mol. The SMILES string of the molecule is Cc1ccccc1ON(C)C. The van der Waals surface area contributed by atoms with Gasteiger partial charge in [-0.2, -0.15) is 5.06 Å². The fourth-order valence-electron chi connectivity index (χ4n) is 0.856. The van der Waals surface area contributed by atoms with Crippen LogP contribution in [0.25, 0.3) is 0 Å². The minimum Gasteiger partial charge on any atom is -0.406 e. The van der Waals surface area contributed by atoms with Gasteiger partial charge >= 0.3 is 0 Å². The molecule has 0 heterocycles. The third-order valence-electron chi connectivity index (χ3n) is 1.37. The molecule has 0 saturated carbocycles. The molecule has 0 saturated heterocycles. The summed E-state index contributed by atoms with van der Waals surface area (Å²) in [5, 5.41) is 1.68. The van der Waals surface area contributed by atoms with Crippen molar-refractivity contribution in [3.05, 3.63) is 29.8 Å². The third-order valence-corrected chi connectivity index (χ3v) is 1.37. The molecule has 1 aromatic carbocycles. The Morgan fingerprint density at radius 2 is 1.82 bits per heavy atom. The second-order valence-corrected chi connectivity index (χ2v) is 2.67. The molecule has 1 aromatic rings. The highest BCUT2D eigenvalue weighted by atomic mass is 16.7. The molecule has 2 heteroatoms. The van der Waals surface area contributed by atoms with Crippen molar-refractivity contribution in [3.63, 3.8) is 0 Å². The van der Waals surface area contributed by atoms with E-state index in [1.54, 1.807) is 5.06 Å². The highest BCUT2D eigenvalue weighted by Gasteiger charge is 1.97. The second kappa shape index (κ2) is 3.39. The topological polar surface area (TPSA) is 12.5 Å². The molecular weight excluding hydrogens is 138 g/mol. The summed E-state index contributed by atoms with van der Waals surface area (Å²) in [4.78, 5) is 5.38. The van der Waals surface area contributed by atoms with Crippen LogP contribution in [0, 0.1) is 6.92 Å². The quantitative estimate of drug-likeness (QED) is 0.598. The standard InChI is InChI=1S/C9H13NO/c1-8-6-4-5-7-9(8)11-10(2)3/h4-7H,1-3H3. The largest absolute Gasteiger partial charge is 0.406 e. The minimum atomic E-state index is 0.914. The first kappa shape index (κ1) is 8.08.